The lowest BCUT2D eigenvalue weighted by molar-refractivity contribution is 0.864. The van der Waals surface area contributed by atoms with E-state index in [4.69, 9.17) is 5.73 Å². The molecule has 0 saturated carbocycles. The number of rotatable bonds is 2. The topological polar surface area (TPSA) is 69.6 Å². The zero-order chi connectivity index (χ0) is 10.8. The molecule has 15 heavy (non-hydrogen) atoms. The molecule has 0 radical (unpaired) electrons. The molecule has 2 heterocycles. The molecular formula is C10H13N5. The number of hydrogen-bond acceptors (Lipinski definition) is 4. The van der Waals surface area contributed by atoms with Gasteiger partial charge in [0.1, 0.15) is 5.82 Å². The number of pyridine rings is 1. The number of aromatic nitrogens is 4. The molecule has 2 aromatic rings. The highest BCUT2D eigenvalue weighted by atomic mass is 15.3. The zero-order valence-corrected chi connectivity index (χ0v) is 8.81. The first kappa shape index (κ1) is 9.79. The first-order chi connectivity index (χ1) is 7.22. The minimum Gasteiger partial charge on any atom is -0.325 e. The Bertz CT molecular complexity index is 474. The Hall–Kier alpha value is -1.75. The van der Waals surface area contributed by atoms with Crippen LogP contribution in [-0.2, 0) is 13.6 Å². The van der Waals surface area contributed by atoms with Crippen LogP contribution < -0.4 is 5.73 Å². The van der Waals surface area contributed by atoms with Gasteiger partial charge in [-0.25, -0.2) is 0 Å². The monoisotopic (exact) mass is 203 g/mol. The Balaban J connectivity index is 2.49. The summed E-state index contributed by atoms with van der Waals surface area (Å²) in [7, 11) is 1.94. The Morgan fingerprint density at radius 1 is 1.40 bits per heavy atom. The van der Waals surface area contributed by atoms with Gasteiger partial charge in [0, 0.05) is 25.4 Å². The van der Waals surface area contributed by atoms with E-state index in [0.29, 0.717) is 6.54 Å². The number of aryl methyl sites for hydroxylation is 1. The van der Waals surface area contributed by atoms with Crippen LogP contribution >= 0.6 is 0 Å². The molecule has 0 aliphatic carbocycles. The van der Waals surface area contributed by atoms with Crippen molar-refractivity contribution in [1.82, 2.24) is 19.7 Å². The van der Waals surface area contributed by atoms with Crippen molar-refractivity contribution in [2.24, 2.45) is 12.8 Å². The summed E-state index contributed by atoms with van der Waals surface area (Å²) in [6.45, 7) is 2.35. The van der Waals surface area contributed by atoms with Gasteiger partial charge in [-0.1, -0.05) is 0 Å². The molecular weight excluding hydrogens is 190 g/mol. The van der Waals surface area contributed by atoms with Gasteiger partial charge in [-0.2, -0.15) is 0 Å². The fourth-order valence-electron chi connectivity index (χ4n) is 1.39. The normalized spacial score (nSPS) is 10.6. The fraction of sp³-hybridized carbons (Fsp3) is 0.300. The molecule has 0 unspecified atom stereocenters. The van der Waals surface area contributed by atoms with E-state index in [1.807, 2.05) is 30.7 Å². The second-order valence-corrected chi connectivity index (χ2v) is 3.37. The van der Waals surface area contributed by atoms with Crippen molar-refractivity contribution in [3.63, 3.8) is 0 Å². The van der Waals surface area contributed by atoms with Crippen LogP contribution in [0.5, 0.6) is 0 Å². The van der Waals surface area contributed by atoms with Crippen LogP contribution in [0.4, 0.5) is 0 Å². The SMILES string of the molecule is Cc1nnc(-c2ccnc(CN)c2)n1C. The van der Waals surface area contributed by atoms with Crippen molar-refractivity contribution in [3.8, 4) is 11.4 Å². The van der Waals surface area contributed by atoms with Crippen LogP contribution in [0.2, 0.25) is 0 Å². The Morgan fingerprint density at radius 2 is 2.20 bits per heavy atom. The summed E-state index contributed by atoms with van der Waals surface area (Å²) >= 11 is 0. The van der Waals surface area contributed by atoms with E-state index in [0.717, 1.165) is 22.9 Å². The van der Waals surface area contributed by atoms with Gasteiger partial charge in [-0.3, -0.25) is 4.98 Å². The van der Waals surface area contributed by atoms with Crippen LogP contribution in [0, 0.1) is 6.92 Å². The summed E-state index contributed by atoms with van der Waals surface area (Å²) in [5.74, 6) is 1.72. The largest absolute Gasteiger partial charge is 0.325 e. The average Bonchev–Trinajstić information content (AvgIpc) is 2.60. The summed E-state index contributed by atoms with van der Waals surface area (Å²) in [4.78, 5) is 4.14. The first-order valence-corrected chi connectivity index (χ1v) is 4.73. The van der Waals surface area contributed by atoms with Crippen molar-refractivity contribution in [2.45, 2.75) is 13.5 Å². The van der Waals surface area contributed by atoms with Crippen LogP contribution in [0.3, 0.4) is 0 Å². The van der Waals surface area contributed by atoms with Crippen molar-refractivity contribution in [1.29, 1.82) is 0 Å². The lowest BCUT2D eigenvalue weighted by Crippen LogP contribution is -2.00. The summed E-state index contributed by atoms with van der Waals surface area (Å²) in [5, 5.41) is 8.11. The maximum absolute atomic E-state index is 5.53. The molecule has 0 aromatic carbocycles. The summed E-state index contributed by atoms with van der Waals surface area (Å²) in [6.07, 6.45) is 1.74. The molecule has 5 nitrogen and oxygen atoms in total. The number of nitrogens with zero attached hydrogens (tertiary/aromatic N) is 4. The zero-order valence-electron chi connectivity index (χ0n) is 8.81. The molecule has 2 aromatic heterocycles. The second-order valence-electron chi connectivity index (χ2n) is 3.37. The molecule has 0 aliphatic heterocycles. The minimum atomic E-state index is 0.435. The maximum atomic E-state index is 5.53. The van der Waals surface area contributed by atoms with Gasteiger partial charge in [-0.15, -0.1) is 10.2 Å². The average molecular weight is 203 g/mol. The van der Waals surface area contributed by atoms with Crippen LogP contribution in [0.1, 0.15) is 11.5 Å². The van der Waals surface area contributed by atoms with E-state index < -0.39 is 0 Å². The Kier molecular flexibility index (Phi) is 2.47. The van der Waals surface area contributed by atoms with Gasteiger partial charge < -0.3 is 10.3 Å². The summed E-state index contributed by atoms with van der Waals surface area (Å²) in [5.41, 5.74) is 7.38. The van der Waals surface area contributed by atoms with Gasteiger partial charge in [0.2, 0.25) is 0 Å². The molecule has 78 valence electrons. The lowest BCUT2D eigenvalue weighted by Gasteiger charge is -2.02. The second kappa shape index (κ2) is 3.78. The molecule has 0 fully saturated rings. The van der Waals surface area contributed by atoms with Gasteiger partial charge in [0.15, 0.2) is 5.82 Å². The van der Waals surface area contributed by atoms with Gasteiger partial charge in [0.25, 0.3) is 0 Å². The van der Waals surface area contributed by atoms with E-state index in [1.165, 1.54) is 0 Å². The van der Waals surface area contributed by atoms with E-state index in [9.17, 15) is 0 Å². The first-order valence-electron chi connectivity index (χ1n) is 4.73. The highest BCUT2D eigenvalue weighted by Gasteiger charge is 2.07. The quantitative estimate of drug-likeness (QED) is 0.777. The van der Waals surface area contributed by atoms with Crippen molar-refractivity contribution in [3.05, 3.63) is 29.8 Å². The predicted molar refractivity (Wildman–Crippen MR) is 56.9 cm³/mol. The highest BCUT2D eigenvalue weighted by molar-refractivity contribution is 5.55. The lowest BCUT2D eigenvalue weighted by atomic mass is 10.2. The predicted octanol–water partition coefficient (Wildman–Crippen LogP) is 0.644. The molecule has 0 saturated heterocycles. The van der Waals surface area contributed by atoms with Crippen molar-refractivity contribution in [2.75, 3.05) is 0 Å². The summed E-state index contributed by atoms with van der Waals surface area (Å²) in [6, 6.07) is 3.84. The fourth-order valence-corrected chi connectivity index (χ4v) is 1.39. The van der Waals surface area contributed by atoms with E-state index in [2.05, 4.69) is 15.2 Å². The van der Waals surface area contributed by atoms with E-state index >= 15 is 0 Å². The standard InChI is InChI=1S/C10H13N5/c1-7-13-14-10(15(7)2)8-3-4-12-9(5-8)6-11/h3-5H,6,11H2,1-2H3. The number of nitrogens with two attached hydrogens (primary N) is 1. The third kappa shape index (κ3) is 1.73. The van der Waals surface area contributed by atoms with Crippen molar-refractivity contribution >= 4 is 0 Å². The van der Waals surface area contributed by atoms with Gasteiger partial charge >= 0.3 is 0 Å². The molecule has 2 N–H and O–H groups in total. The minimum absolute atomic E-state index is 0.435. The molecule has 0 aliphatic rings. The molecule has 0 bridgehead atoms. The highest BCUT2D eigenvalue weighted by Crippen LogP contribution is 2.16. The maximum Gasteiger partial charge on any atom is 0.163 e. The molecule has 0 amide bonds. The van der Waals surface area contributed by atoms with Crippen LogP contribution in [0.15, 0.2) is 18.3 Å². The van der Waals surface area contributed by atoms with Gasteiger partial charge in [0.05, 0.1) is 5.69 Å². The van der Waals surface area contributed by atoms with E-state index in [1.54, 1.807) is 6.20 Å². The third-order valence-corrected chi connectivity index (χ3v) is 2.38. The number of hydrogen-bond donors (Lipinski definition) is 1. The third-order valence-electron chi connectivity index (χ3n) is 2.38. The van der Waals surface area contributed by atoms with Gasteiger partial charge in [-0.05, 0) is 19.1 Å². The molecule has 2 rings (SSSR count). The van der Waals surface area contributed by atoms with E-state index in [-0.39, 0.29) is 0 Å². The molecule has 0 atom stereocenters. The molecule has 0 spiro atoms. The van der Waals surface area contributed by atoms with Crippen molar-refractivity contribution < 1.29 is 0 Å². The summed E-state index contributed by atoms with van der Waals surface area (Å²) < 4.78 is 1.94. The Labute approximate surface area is 88.0 Å². The van der Waals surface area contributed by atoms with Crippen LogP contribution in [-0.4, -0.2) is 19.7 Å². The smallest absolute Gasteiger partial charge is 0.163 e. The molecule has 5 heteroatoms. The Morgan fingerprint density at radius 3 is 2.80 bits per heavy atom. The van der Waals surface area contributed by atoms with Crippen LogP contribution in [0.25, 0.3) is 11.4 Å².